The lowest BCUT2D eigenvalue weighted by Crippen LogP contribution is -2.50. The van der Waals surface area contributed by atoms with Crippen LogP contribution in [0.2, 0.25) is 0 Å². The molecule has 1 atom stereocenters. The first-order valence-corrected chi connectivity index (χ1v) is 9.40. The highest BCUT2D eigenvalue weighted by Crippen LogP contribution is 2.25. The zero-order valence-corrected chi connectivity index (χ0v) is 16.9. The van der Waals surface area contributed by atoms with Crippen LogP contribution in [-0.4, -0.2) is 47.7 Å². The van der Waals surface area contributed by atoms with Crippen LogP contribution in [0.15, 0.2) is 18.2 Å². The van der Waals surface area contributed by atoms with E-state index < -0.39 is 11.7 Å². The Morgan fingerprint density at radius 2 is 2.00 bits per heavy atom. The van der Waals surface area contributed by atoms with E-state index in [4.69, 9.17) is 15.2 Å². The smallest absolute Gasteiger partial charge is 0.407 e. The maximum absolute atomic E-state index is 12.8. The molecule has 3 N–H and O–H groups in total. The monoisotopic (exact) mass is 377 g/mol. The number of benzene rings is 1. The summed E-state index contributed by atoms with van der Waals surface area (Å²) in [5.74, 6) is 0.471. The number of nitrogens with two attached hydrogens (primary N) is 1. The van der Waals surface area contributed by atoms with Crippen molar-refractivity contribution in [1.29, 1.82) is 0 Å². The van der Waals surface area contributed by atoms with Gasteiger partial charge < -0.3 is 25.4 Å². The molecule has 0 aliphatic carbocycles. The second kappa shape index (κ2) is 8.50. The van der Waals surface area contributed by atoms with Gasteiger partial charge in [-0.05, 0) is 65.7 Å². The first kappa shape index (κ1) is 20.9. The van der Waals surface area contributed by atoms with Crippen molar-refractivity contribution in [2.75, 3.05) is 18.8 Å². The molecular formula is C20H31N3O4. The van der Waals surface area contributed by atoms with Gasteiger partial charge in [-0.1, -0.05) is 0 Å². The molecule has 1 aromatic carbocycles. The summed E-state index contributed by atoms with van der Waals surface area (Å²) in [5.41, 5.74) is 6.42. The highest BCUT2D eigenvalue weighted by molar-refractivity contribution is 5.95. The Kier molecular flexibility index (Phi) is 6.57. The van der Waals surface area contributed by atoms with Crippen molar-refractivity contribution in [3.63, 3.8) is 0 Å². The Bertz CT molecular complexity index is 682. The van der Waals surface area contributed by atoms with Crippen LogP contribution < -0.4 is 15.8 Å². The van der Waals surface area contributed by atoms with Gasteiger partial charge in [0.25, 0.3) is 5.91 Å². The van der Waals surface area contributed by atoms with Crippen LogP contribution in [0.1, 0.15) is 57.8 Å². The standard InChI is InChI=1S/C20H31N3O4/c1-13(2)26-17-9-8-14(11-16(17)21)18(24)23-10-6-7-15(12-23)22-19(25)27-20(3,4)5/h8-9,11,13,15H,6-7,10,12,21H2,1-5H3,(H,22,25)/t15-/m0/s1. The fraction of sp³-hybridized carbons (Fsp3) is 0.600. The molecule has 7 heteroatoms. The van der Waals surface area contributed by atoms with Crippen LogP contribution >= 0.6 is 0 Å². The predicted octanol–water partition coefficient (Wildman–Crippen LogP) is 3.19. The maximum Gasteiger partial charge on any atom is 0.407 e. The molecule has 1 heterocycles. The number of carbonyl (C=O) groups is 2. The summed E-state index contributed by atoms with van der Waals surface area (Å²) in [6.45, 7) is 10.4. The minimum absolute atomic E-state index is 0.00985. The highest BCUT2D eigenvalue weighted by Gasteiger charge is 2.27. The van der Waals surface area contributed by atoms with Gasteiger partial charge in [0.1, 0.15) is 11.4 Å². The quantitative estimate of drug-likeness (QED) is 0.786. The minimum Gasteiger partial charge on any atom is -0.489 e. The summed E-state index contributed by atoms with van der Waals surface area (Å²) in [7, 11) is 0. The lowest BCUT2D eigenvalue weighted by Gasteiger charge is -2.33. The van der Waals surface area contributed by atoms with Crippen LogP contribution in [-0.2, 0) is 4.74 Å². The number of likely N-dealkylation sites (tertiary alicyclic amines) is 1. The number of nitrogens with one attached hydrogen (secondary N) is 1. The molecule has 1 aliphatic heterocycles. The van der Waals surface area contributed by atoms with Gasteiger partial charge in [0, 0.05) is 24.7 Å². The number of carbonyl (C=O) groups excluding carboxylic acids is 2. The van der Waals surface area contributed by atoms with E-state index in [1.807, 2.05) is 34.6 Å². The van der Waals surface area contributed by atoms with E-state index in [1.165, 1.54) is 0 Å². The number of amides is 2. The fourth-order valence-corrected chi connectivity index (χ4v) is 2.98. The molecule has 7 nitrogen and oxygen atoms in total. The molecule has 2 rings (SSSR count). The van der Waals surface area contributed by atoms with Crippen LogP contribution in [0.4, 0.5) is 10.5 Å². The largest absolute Gasteiger partial charge is 0.489 e. The number of nitrogen functional groups attached to an aromatic ring is 1. The summed E-state index contributed by atoms with van der Waals surface area (Å²) in [4.78, 5) is 26.5. The van der Waals surface area contributed by atoms with Crippen molar-refractivity contribution in [3.05, 3.63) is 23.8 Å². The Morgan fingerprint density at radius 1 is 1.30 bits per heavy atom. The van der Waals surface area contributed by atoms with E-state index in [9.17, 15) is 9.59 Å². The van der Waals surface area contributed by atoms with Crippen molar-refractivity contribution < 1.29 is 19.1 Å². The van der Waals surface area contributed by atoms with Gasteiger partial charge in [0.2, 0.25) is 0 Å². The third-order valence-electron chi connectivity index (χ3n) is 4.05. The molecular weight excluding hydrogens is 346 g/mol. The molecule has 2 amide bonds. The molecule has 1 aliphatic rings. The molecule has 0 spiro atoms. The van der Waals surface area contributed by atoms with Crippen LogP contribution in [0.25, 0.3) is 0 Å². The first-order valence-electron chi connectivity index (χ1n) is 9.40. The number of anilines is 1. The van der Waals surface area contributed by atoms with Crippen molar-refractivity contribution in [2.24, 2.45) is 0 Å². The van der Waals surface area contributed by atoms with E-state index in [2.05, 4.69) is 5.32 Å². The number of hydrogen-bond acceptors (Lipinski definition) is 5. The van der Waals surface area contributed by atoms with Crippen molar-refractivity contribution in [1.82, 2.24) is 10.2 Å². The number of nitrogens with zero attached hydrogens (tertiary/aromatic N) is 1. The van der Waals surface area contributed by atoms with Gasteiger partial charge >= 0.3 is 6.09 Å². The highest BCUT2D eigenvalue weighted by atomic mass is 16.6. The van der Waals surface area contributed by atoms with Crippen molar-refractivity contribution in [2.45, 2.75) is 65.2 Å². The summed E-state index contributed by atoms with van der Waals surface area (Å²) < 4.78 is 10.9. The Balaban J connectivity index is 2.00. The minimum atomic E-state index is -0.550. The Hall–Kier alpha value is -2.44. The summed E-state index contributed by atoms with van der Waals surface area (Å²) in [6.07, 6.45) is 1.18. The van der Waals surface area contributed by atoms with Crippen LogP contribution in [0.3, 0.4) is 0 Å². The zero-order chi connectivity index (χ0) is 20.2. The van der Waals surface area contributed by atoms with Crippen LogP contribution in [0.5, 0.6) is 5.75 Å². The average molecular weight is 377 g/mol. The summed E-state index contributed by atoms with van der Waals surface area (Å²) >= 11 is 0. The summed E-state index contributed by atoms with van der Waals surface area (Å²) in [6, 6.07) is 4.97. The molecule has 1 aromatic rings. The normalized spacial score (nSPS) is 17.6. The van der Waals surface area contributed by atoms with E-state index in [1.54, 1.807) is 23.1 Å². The maximum atomic E-state index is 12.8. The molecule has 0 unspecified atom stereocenters. The molecule has 27 heavy (non-hydrogen) atoms. The van der Waals surface area contributed by atoms with Crippen molar-refractivity contribution in [3.8, 4) is 5.75 Å². The van der Waals surface area contributed by atoms with Crippen LogP contribution in [0, 0.1) is 0 Å². The van der Waals surface area contributed by atoms with E-state index >= 15 is 0 Å². The lowest BCUT2D eigenvalue weighted by atomic mass is 10.0. The van der Waals surface area contributed by atoms with Gasteiger partial charge in [-0.15, -0.1) is 0 Å². The number of rotatable bonds is 4. The molecule has 0 saturated carbocycles. The average Bonchev–Trinajstić information content (AvgIpc) is 2.54. The Morgan fingerprint density at radius 3 is 2.59 bits per heavy atom. The first-order chi connectivity index (χ1) is 12.5. The number of piperidine rings is 1. The third kappa shape index (κ3) is 6.34. The Labute approximate surface area is 161 Å². The van der Waals surface area contributed by atoms with Crippen molar-refractivity contribution >= 4 is 17.7 Å². The summed E-state index contributed by atoms with van der Waals surface area (Å²) in [5, 5.41) is 2.85. The fourth-order valence-electron chi connectivity index (χ4n) is 2.98. The van der Waals surface area contributed by atoms with Gasteiger partial charge in [0.15, 0.2) is 0 Å². The third-order valence-corrected chi connectivity index (χ3v) is 4.05. The van der Waals surface area contributed by atoms with Gasteiger partial charge in [-0.2, -0.15) is 0 Å². The second-order valence-electron chi connectivity index (χ2n) is 8.16. The van der Waals surface area contributed by atoms with Gasteiger partial charge in [-0.3, -0.25) is 4.79 Å². The molecule has 0 bridgehead atoms. The molecule has 1 saturated heterocycles. The predicted molar refractivity (Wildman–Crippen MR) is 105 cm³/mol. The molecule has 150 valence electrons. The molecule has 0 aromatic heterocycles. The SMILES string of the molecule is CC(C)Oc1ccc(C(=O)N2CCC[C@H](NC(=O)OC(C)(C)C)C2)cc1N. The van der Waals surface area contributed by atoms with Gasteiger partial charge in [0.05, 0.1) is 11.8 Å². The number of alkyl carbamates (subject to hydrolysis) is 1. The zero-order valence-electron chi connectivity index (χ0n) is 16.9. The number of hydrogen-bond donors (Lipinski definition) is 2. The van der Waals surface area contributed by atoms with E-state index in [-0.39, 0.29) is 18.1 Å². The second-order valence-corrected chi connectivity index (χ2v) is 8.16. The van der Waals surface area contributed by atoms with E-state index in [0.29, 0.717) is 30.1 Å². The molecule has 0 radical (unpaired) electrons. The molecule has 1 fully saturated rings. The number of ether oxygens (including phenoxy) is 2. The van der Waals surface area contributed by atoms with E-state index in [0.717, 1.165) is 12.8 Å². The van der Waals surface area contributed by atoms with Gasteiger partial charge in [-0.25, -0.2) is 4.79 Å². The lowest BCUT2D eigenvalue weighted by molar-refractivity contribution is 0.0452. The topological polar surface area (TPSA) is 93.9 Å².